The van der Waals surface area contributed by atoms with Crippen molar-refractivity contribution in [3.05, 3.63) is 74.8 Å². The van der Waals surface area contributed by atoms with E-state index in [1.54, 1.807) is 6.26 Å². The Balaban J connectivity index is 1.59. The number of carbonyl (C=O) groups excluding carboxylic acids is 1. The van der Waals surface area contributed by atoms with E-state index in [1.165, 1.54) is 24.3 Å². The average Bonchev–Trinajstić information content (AvgIpc) is 3.14. The van der Waals surface area contributed by atoms with Gasteiger partial charge >= 0.3 is 11.6 Å². The molecule has 4 aromatic rings. The highest BCUT2D eigenvalue weighted by atomic mass is 16.4. The molecule has 0 bridgehead atoms. The molecule has 1 amide bonds. The van der Waals surface area contributed by atoms with Crippen LogP contribution in [0.15, 0.2) is 50.2 Å². The predicted molar refractivity (Wildman–Crippen MR) is 121 cm³/mol. The number of benzene rings is 2. The van der Waals surface area contributed by atoms with Gasteiger partial charge in [0.05, 0.1) is 6.26 Å². The van der Waals surface area contributed by atoms with E-state index >= 15 is 0 Å². The summed E-state index contributed by atoms with van der Waals surface area (Å²) in [6.45, 7) is 5.58. The van der Waals surface area contributed by atoms with Gasteiger partial charge in [-0.15, -0.1) is 0 Å². The summed E-state index contributed by atoms with van der Waals surface area (Å²) >= 11 is 0. The summed E-state index contributed by atoms with van der Waals surface area (Å²) in [6.07, 6.45) is 1.66. The molecule has 0 saturated carbocycles. The first-order valence-corrected chi connectivity index (χ1v) is 10.4. The van der Waals surface area contributed by atoms with Crippen molar-refractivity contribution in [2.24, 2.45) is 0 Å². The molecule has 0 spiro atoms. The van der Waals surface area contributed by atoms with E-state index in [2.05, 4.69) is 5.32 Å². The van der Waals surface area contributed by atoms with Gasteiger partial charge in [-0.1, -0.05) is 12.1 Å². The average molecular weight is 449 g/mol. The number of phenols is 1. The molecule has 2 aromatic carbocycles. The molecule has 0 saturated heterocycles. The Morgan fingerprint density at radius 3 is 2.39 bits per heavy atom. The van der Waals surface area contributed by atoms with Crippen LogP contribution in [0.25, 0.3) is 21.9 Å². The molecule has 8 nitrogen and oxygen atoms in total. The van der Waals surface area contributed by atoms with E-state index < -0.39 is 23.5 Å². The highest BCUT2D eigenvalue weighted by Gasteiger charge is 2.23. The van der Waals surface area contributed by atoms with Crippen LogP contribution >= 0.6 is 0 Å². The molecule has 33 heavy (non-hydrogen) atoms. The quantitative estimate of drug-likeness (QED) is 0.379. The number of aliphatic carboxylic acids is 1. The fraction of sp³-hybridized carbons (Fsp3) is 0.240. The Hall–Kier alpha value is -4.07. The zero-order valence-corrected chi connectivity index (χ0v) is 18.4. The van der Waals surface area contributed by atoms with Crippen LogP contribution in [-0.4, -0.2) is 22.1 Å². The van der Waals surface area contributed by atoms with Crippen LogP contribution in [0, 0.1) is 20.8 Å². The van der Waals surface area contributed by atoms with Gasteiger partial charge in [0.25, 0.3) is 0 Å². The highest BCUT2D eigenvalue weighted by molar-refractivity contribution is 5.99. The van der Waals surface area contributed by atoms with Crippen molar-refractivity contribution < 1.29 is 28.6 Å². The zero-order chi connectivity index (χ0) is 23.9. The van der Waals surface area contributed by atoms with Gasteiger partial charge in [-0.05, 0) is 62.1 Å². The monoisotopic (exact) mass is 449 g/mol. The summed E-state index contributed by atoms with van der Waals surface area (Å²) in [5.41, 5.74) is 3.70. The minimum absolute atomic E-state index is 0.00848. The van der Waals surface area contributed by atoms with Gasteiger partial charge in [-0.25, -0.2) is 9.59 Å². The second-order valence-electron chi connectivity index (χ2n) is 8.10. The molecule has 170 valence electrons. The van der Waals surface area contributed by atoms with Gasteiger partial charge in [0.1, 0.15) is 16.9 Å². The van der Waals surface area contributed by atoms with Crippen LogP contribution in [0.2, 0.25) is 0 Å². The van der Waals surface area contributed by atoms with E-state index in [0.717, 1.165) is 21.9 Å². The van der Waals surface area contributed by atoms with Crippen LogP contribution in [0.4, 0.5) is 0 Å². The van der Waals surface area contributed by atoms with Gasteiger partial charge in [0.2, 0.25) is 5.91 Å². The molecule has 0 aliphatic heterocycles. The van der Waals surface area contributed by atoms with Crippen LogP contribution < -0.4 is 10.9 Å². The zero-order valence-electron chi connectivity index (χ0n) is 18.4. The molecule has 3 N–H and O–H groups in total. The lowest BCUT2D eigenvalue weighted by atomic mass is 9.98. The standard InChI is InChI=1S/C25H23NO7/c1-12-11-32-22-14(3)23-19(10-18(12)22)13(2)17(25(31)33-23)8-9-20(28)26-21(24(29)30)15-4-6-16(27)7-5-15/h4-7,10-11,21,27H,8-9H2,1-3H3,(H,26,28)(H,29,30)/t21-/m0/s1. The van der Waals surface area contributed by atoms with Crippen molar-refractivity contribution in [3.8, 4) is 5.75 Å². The Morgan fingerprint density at radius 2 is 1.73 bits per heavy atom. The number of carboxylic acid groups (broad SMARTS) is 1. The maximum absolute atomic E-state index is 12.7. The smallest absolute Gasteiger partial charge is 0.339 e. The lowest BCUT2D eigenvalue weighted by Gasteiger charge is -2.15. The molecule has 2 aromatic heterocycles. The van der Waals surface area contributed by atoms with Crippen molar-refractivity contribution in [2.45, 2.75) is 39.7 Å². The number of carbonyl (C=O) groups is 2. The molecule has 0 radical (unpaired) electrons. The van der Waals surface area contributed by atoms with E-state index in [0.29, 0.717) is 27.9 Å². The topological polar surface area (TPSA) is 130 Å². The molecule has 0 aliphatic carbocycles. The third-order valence-corrected chi connectivity index (χ3v) is 5.92. The van der Waals surface area contributed by atoms with Crippen LogP contribution in [0.1, 0.15) is 40.3 Å². The Kier molecular flexibility index (Phi) is 5.68. The van der Waals surface area contributed by atoms with Crippen molar-refractivity contribution in [1.82, 2.24) is 5.32 Å². The summed E-state index contributed by atoms with van der Waals surface area (Å²) < 4.78 is 11.2. The van der Waals surface area contributed by atoms with Gasteiger partial charge in [-0.3, -0.25) is 4.79 Å². The summed E-state index contributed by atoms with van der Waals surface area (Å²) in [6, 6.07) is 6.20. The van der Waals surface area contributed by atoms with E-state index in [1.807, 2.05) is 26.8 Å². The number of aryl methyl sites for hydroxylation is 3. The number of aromatic hydroxyl groups is 1. The number of hydrogen-bond acceptors (Lipinski definition) is 6. The second kappa shape index (κ2) is 8.46. The van der Waals surface area contributed by atoms with Crippen LogP contribution in [0.3, 0.4) is 0 Å². The number of carboxylic acids is 1. The third kappa shape index (κ3) is 4.07. The summed E-state index contributed by atoms with van der Waals surface area (Å²) in [7, 11) is 0. The molecule has 2 heterocycles. The first-order chi connectivity index (χ1) is 15.7. The van der Waals surface area contributed by atoms with Crippen LogP contribution in [-0.2, 0) is 16.0 Å². The molecule has 0 fully saturated rings. The molecule has 0 unspecified atom stereocenters. The van der Waals surface area contributed by atoms with Gasteiger partial charge in [-0.2, -0.15) is 0 Å². The Bertz CT molecular complexity index is 1440. The maximum atomic E-state index is 12.7. The number of amides is 1. The lowest BCUT2D eigenvalue weighted by molar-refractivity contribution is -0.142. The van der Waals surface area contributed by atoms with Crippen molar-refractivity contribution in [3.63, 3.8) is 0 Å². The van der Waals surface area contributed by atoms with E-state index in [9.17, 15) is 24.6 Å². The molecular formula is C25H23NO7. The summed E-state index contributed by atoms with van der Waals surface area (Å²) in [5, 5.41) is 23.1. The van der Waals surface area contributed by atoms with Gasteiger partial charge in [0, 0.05) is 28.3 Å². The number of fused-ring (bicyclic) bond motifs is 2. The third-order valence-electron chi connectivity index (χ3n) is 5.92. The number of nitrogens with one attached hydrogen (secondary N) is 1. The lowest BCUT2D eigenvalue weighted by Crippen LogP contribution is -2.34. The number of furan rings is 1. The van der Waals surface area contributed by atoms with Gasteiger partial charge in [0.15, 0.2) is 6.04 Å². The Labute approximate surface area is 188 Å². The fourth-order valence-corrected chi connectivity index (χ4v) is 4.03. The molecule has 8 heteroatoms. The van der Waals surface area contributed by atoms with Gasteiger partial charge < -0.3 is 24.4 Å². The van der Waals surface area contributed by atoms with Crippen molar-refractivity contribution in [2.75, 3.05) is 0 Å². The largest absolute Gasteiger partial charge is 0.508 e. The molecule has 1 atom stereocenters. The first kappa shape index (κ1) is 22.1. The predicted octanol–water partition coefficient (Wildman–Crippen LogP) is 4.04. The number of hydrogen-bond donors (Lipinski definition) is 3. The summed E-state index contributed by atoms with van der Waals surface area (Å²) in [5.74, 6) is -1.76. The Morgan fingerprint density at radius 1 is 1.03 bits per heavy atom. The van der Waals surface area contributed by atoms with Crippen LogP contribution in [0.5, 0.6) is 5.75 Å². The van der Waals surface area contributed by atoms with Crippen molar-refractivity contribution >= 4 is 33.8 Å². The molecule has 0 aliphatic rings. The molecule has 4 rings (SSSR count). The van der Waals surface area contributed by atoms with E-state index in [-0.39, 0.29) is 18.6 Å². The first-order valence-electron chi connectivity index (χ1n) is 10.4. The second-order valence-corrected chi connectivity index (χ2v) is 8.10. The minimum atomic E-state index is -1.27. The van der Waals surface area contributed by atoms with Crippen molar-refractivity contribution in [1.29, 1.82) is 0 Å². The minimum Gasteiger partial charge on any atom is -0.508 e. The maximum Gasteiger partial charge on any atom is 0.339 e. The van der Waals surface area contributed by atoms with E-state index in [4.69, 9.17) is 8.83 Å². The number of rotatable bonds is 6. The highest BCUT2D eigenvalue weighted by Crippen LogP contribution is 2.32. The number of phenolic OH excluding ortho intramolecular Hbond substituents is 1. The summed E-state index contributed by atoms with van der Waals surface area (Å²) in [4.78, 5) is 36.9. The molecular weight excluding hydrogens is 426 g/mol. The SMILES string of the molecule is Cc1coc2c(C)c3oc(=O)c(CCC(=O)N[C@H](C(=O)O)c4ccc(O)cc4)c(C)c3cc12. The normalized spacial score (nSPS) is 12.2. The fourth-order valence-electron chi connectivity index (χ4n) is 4.03.